The van der Waals surface area contributed by atoms with Gasteiger partial charge in [0.15, 0.2) is 6.10 Å². The van der Waals surface area contributed by atoms with E-state index in [1.54, 1.807) is 11.3 Å². The van der Waals surface area contributed by atoms with Crippen LogP contribution < -0.4 is 5.32 Å². The first-order valence-corrected chi connectivity index (χ1v) is 4.24. The fraction of sp³-hybridized carbons (Fsp3) is 0.286. The Morgan fingerprint density at radius 2 is 2.45 bits per heavy atom. The molecule has 11 heavy (non-hydrogen) atoms. The van der Waals surface area contributed by atoms with Gasteiger partial charge in [-0.2, -0.15) is 11.3 Å². The van der Waals surface area contributed by atoms with Crippen LogP contribution in [0.25, 0.3) is 0 Å². The second kappa shape index (κ2) is 2.32. The van der Waals surface area contributed by atoms with Crippen LogP contribution in [0.2, 0.25) is 0 Å². The summed E-state index contributed by atoms with van der Waals surface area (Å²) in [7, 11) is 0. The Hall–Kier alpha value is -0.870. The lowest BCUT2D eigenvalue weighted by molar-refractivity contribution is -0.142. The summed E-state index contributed by atoms with van der Waals surface area (Å²) in [5, 5.41) is 15.6. The van der Waals surface area contributed by atoms with Crippen molar-refractivity contribution in [3.8, 4) is 0 Å². The van der Waals surface area contributed by atoms with Crippen LogP contribution in [0.1, 0.15) is 11.6 Å². The van der Waals surface area contributed by atoms with Gasteiger partial charge in [0.2, 0.25) is 0 Å². The molecular formula is C7H7NO2S. The first kappa shape index (κ1) is 6.82. The van der Waals surface area contributed by atoms with Gasteiger partial charge in [-0.15, -0.1) is 0 Å². The molecule has 58 valence electrons. The quantitative estimate of drug-likeness (QED) is 0.593. The molecule has 1 aromatic rings. The lowest BCUT2D eigenvalue weighted by atomic mass is 9.97. The Balaban J connectivity index is 2.15. The number of aliphatic hydroxyl groups is 1. The van der Waals surface area contributed by atoms with Crippen molar-refractivity contribution >= 4 is 17.2 Å². The average molecular weight is 169 g/mol. The maximum Gasteiger partial charge on any atom is 0.251 e. The summed E-state index contributed by atoms with van der Waals surface area (Å²) in [6, 6.07) is 1.73. The molecule has 0 spiro atoms. The van der Waals surface area contributed by atoms with E-state index in [9.17, 15) is 4.79 Å². The first-order valence-electron chi connectivity index (χ1n) is 3.29. The Morgan fingerprint density at radius 1 is 1.64 bits per heavy atom. The Bertz CT molecular complexity index is 270. The lowest BCUT2D eigenvalue weighted by Crippen LogP contribution is -2.55. The molecule has 1 amide bonds. The second-order valence-corrected chi connectivity index (χ2v) is 3.27. The van der Waals surface area contributed by atoms with Crippen molar-refractivity contribution in [2.45, 2.75) is 12.1 Å². The second-order valence-electron chi connectivity index (χ2n) is 2.49. The van der Waals surface area contributed by atoms with Crippen LogP contribution in [-0.4, -0.2) is 17.1 Å². The highest BCUT2D eigenvalue weighted by Gasteiger charge is 2.38. The molecule has 4 heteroatoms. The van der Waals surface area contributed by atoms with Crippen molar-refractivity contribution < 1.29 is 9.90 Å². The maximum atomic E-state index is 10.6. The molecule has 2 rings (SSSR count). The van der Waals surface area contributed by atoms with Crippen LogP contribution in [0, 0.1) is 0 Å². The molecule has 2 unspecified atom stereocenters. The zero-order valence-electron chi connectivity index (χ0n) is 5.65. The third kappa shape index (κ3) is 0.948. The van der Waals surface area contributed by atoms with Crippen molar-refractivity contribution in [1.29, 1.82) is 0 Å². The number of nitrogens with one attached hydrogen (secondary N) is 1. The van der Waals surface area contributed by atoms with Crippen LogP contribution in [0.4, 0.5) is 0 Å². The number of amides is 1. The summed E-state index contributed by atoms with van der Waals surface area (Å²) in [6.45, 7) is 0. The van der Waals surface area contributed by atoms with Crippen LogP contribution in [0.3, 0.4) is 0 Å². The summed E-state index contributed by atoms with van der Waals surface area (Å²) in [4.78, 5) is 10.6. The molecular weight excluding hydrogens is 162 g/mol. The van der Waals surface area contributed by atoms with Crippen molar-refractivity contribution in [1.82, 2.24) is 5.32 Å². The first-order chi connectivity index (χ1) is 5.29. The number of hydrogen-bond donors (Lipinski definition) is 2. The molecule has 0 aliphatic carbocycles. The molecule has 1 aromatic heterocycles. The zero-order chi connectivity index (χ0) is 7.84. The van der Waals surface area contributed by atoms with Crippen molar-refractivity contribution in [3.05, 3.63) is 22.4 Å². The Kier molecular flexibility index (Phi) is 1.44. The van der Waals surface area contributed by atoms with E-state index in [-0.39, 0.29) is 11.9 Å². The van der Waals surface area contributed by atoms with Crippen molar-refractivity contribution in [2.24, 2.45) is 0 Å². The SMILES string of the molecule is O=C1NC(c2ccsc2)C1O. The highest BCUT2D eigenvalue weighted by atomic mass is 32.1. The maximum absolute atomic E-state index is 10.6. The fourth-order valence-electron chi connectivity index (χ4n) is 1.09. The smallest absolute Gasteiger partial charge is 0.251 e. The predicted molar refractivity (Wildman–Crippen MR) is 41.2 cm³/mol. The van der Waals surface area contributed by atoms with E-state index in [4.69, 9.17) is 5.11 Å². The molecule has 1 aliphatic heterocycles. The molecule has 2 atom stereocenters. The molecule has 1 saturated heterocycles. The molecule has 2 N–H and O–H groups in total. The largest absolute Gasteiger partial charge is 0.381 e. The molecule has 1 aliphatic rings. The minimum atomic E-state index is -0.843. The van der Waals surface area contributed by atoms with E-state index < -0.39 is 6.10 Å². The summed E-state index contributed by atoms with van der Waals surface area (Å²) < 4.78 is 0. The average Bonchev–Trinajstić information content (AvgIpc) is 2.51. The monoisotopic (exact) mass is 169 g/mol. The van der Waals surface area contributed by atoms with Crippen molar-refractivity contribution in [3.63, 3.8) is 0 Å². The van der Waals surface area contributed by atoms with Gasteiger partial charge in [0, 0.05) is 0 Å². The van der Waals surface area contributed by atoms with E-state index >= 15 is 0 Å². The molecule has 2 heterocycles. The number of rotatable bonds is 1. The summed E-state index contributed by atoms with van der Waals surface area (Å²) >= 11 is 1.56. The van der Waals surface area contributed by atoms with Gasteiger partial charge >= 0.3 is 0 Å². The molecule has 1 fully saturated rings. The highest BCUT2D eigenvalue weighted by molar-refractivity contribution is 7.08. The summed E-state index contributed by atoms with van der Waals surface area (Å²) in [6.07, 6.45) is -0.843. The third-order valence-corrected chi connectivity index (χ3v) is 2.49. The minimum absolute atomic E-state index is 0.172. The number of aliphatic hydroxyl groups excluding tert-OH is 1. The molecule has 0 aromatic carbocycles. The van der Waals surface area contributed by atoms with Crippen LogP contribution >= 0.6 is 11.3 Å². The molecule has 0 bridgehead atoms. The van der Waals surface area contributed by atoms with Gasteiger partial charge in [-0.05, 0) is 22.4 Å². The van der Waals surface area contributed by atoms with Gasteiger partial charge in [-0.3, -0.25) is 4.79 Å². The minimum Gasteiger partial charge on any atom is -0.381 e. The van der Waals surface area contributed by atoms with Gasteiger partial charge in [0.1, 0.15) is 0 Å². The van der Waals surface area contributed by atoms with Gasteiger partial charge in [-0.25, -0.2) is 0 Å². The standard InChI is InChI=1S/C7H7NO2S/c9-6-5(8-7(6)10)4-1-2-11-3-4/h1-3,5-6,9H,(H,8,10). The van der Waals surface area contributed by atoms with Crippen LogP contribution in [-0.2, 0) is 4.79 Å². The lowest BCUT2D eigenvalue weighted by Gasteiger charge is -2.32. The fourth-order valence-corrected chi connectivity index (χ4v) is 1.79. The summed E-state index contributed by atoms with van der Waals surface area (Å²) in [5.74, 6) is -0.277. The van der Waals surface area contributed by atoms with Crippen LogP contribution in [0.5, 0.6) is 0 Å². The zero-order valence-corrected chi connectivity index (χ0v) is 6.47. The van der Waals surface area contributed by atoms with Gasteiger partial charge < -0.3 is 10.4 Å². The van der Waals surface area contributed by atoms with Crippen LogP contribution in [0.15, 0.2) is 16.8 Å². The summed E-state index contributed by atoms with van der Waals surface area (Å²) in [5.41, 5.74) is 0.988. The highest BCUT2D eigenvalue weighted by Crippen LogP contribution is 2.25. The third-order valence-electron chi connectivity index (χ3n) is 1.78. The number of thiophene rings is 1. The van der Waals surface area contributed by atoms with Gasteiger partial charge in [0.25, 0.3) is 5.91 Å². The van der Waals surface area contributed by atoms with Gasteiger partial charge in [-0.1, -0.05) is 0 Å². The Labute approximate surface area is 67.7 Å². The van der Waals surface area contributed by atoms with E-state index in [0.29, 0.717) is 0 Å². The van der Waals surface area contributed by atoms with E-state index in [1.807, 2.05) is 16.8 Å². The van der Waals surface area contributed by atoms with E-state index in [0.717, 1.165) is 5.56 Å². The van der Waals surface area contributed by atoms with E-state index in [2.05, 4.69) is 5.32 Å². The van der Waals surface area contributed by atoms with E-state index in [1.165, 1.54) is 0 Å². The van der Waals surface area contributed by atoms with Gasteiger partial charge in [0.05, 0.1) is 6.04 Å². The molecule has 0 saturated carbocycles. The normalized spacial score (nSPS) is 29.4. The number of β-lactam (4-membered cyclic amide) rings is 1. The van der Waals surface area contributed by atoms with Crippen molar-refractivity contribution in [2.75, 3.05) is 0 Å². The number of carbonyl (C=O) groups is 1. The predicted octanol–water partition coefficient (Wildman–Crippen LogP) is 0.280. The Morgan fingerprint density at radius 3 is 2.91 bits per heavy atom. The molecule has 3 nitrogen and oxygen atoms in total. The number of carbonyl (C=O) groups excluding carboxylic acids is 1. The topological polar surface area (TPSA) is 49.3 Å². The number of hydrogen-bond acceptors (Lipinski definition) is 3. The molecule has 0 radical (unpaired) electrons.